The fraction of sp³-hybridized carbons (Fsp3) is 0.190. The van der Waals surface area contributed by atoms with Gasteiger partial charge in [0.2, 0.25) is 0 Å². The molecule has 0 aliphatic rings. The molecule has 0 aliphatic carbocycles. The number of amides is 1. The van der Waals surface area contributed by atoms with Gasteiger partial charge >= 0.3 is 0 Å². The number of pyridine rings is 1. The summed E-state index contributed by atoms with van der Waals surface area (Å²) in [7, 11) is 0. The number of carbonyl (C=O) groups is 1. The Bertz CT molecular complexity index is 1190. The molecule has 0 fully saturated rings. The molecule has 10 heteroatoms. The molecular formula is C21H19ClN6OS2. The van der Waals surface area contributed by atoms with E-state index in [-0.39, 0.29) is 11.9 Å². The van der Waals surface area contributed by atoms with Crippen LogP contribution in [0.25, 0.3) is 17.1 Å². The third-order valence-corrected chi connectivity index (χ3v) is 6.36. The number of benzene rings is 1. The average Bonchev–Trinajstić information content (AvgIpc) is 3.40. The summed E-state index contributed by atoms with van der Waals surface area (Å²) in [6.45, 7) is 3.84. The van der Waals surface area contributed by atoms with Crippen LogP contribution < -0.4 is 5.32 Å². The summed E-state index contributed by atoms with van der Waals surface area (Å²) in [5.74, 6) is 1.07. The quantitative estimate of drug-likeness (QED) is 0.388. The maximum Gasteiger partial charge on any atom is 0.270 e. The van der Waals surface area contributed by atoms with Gasteiger partial charge in [0.15, 0.2) is 11.0 Å². The van der Waals surface area contributed by atoms with Gasteiger partial charge in [0.05, 0.1) is 11.4 Å². The van der Waals surface area contributed by atoms with Gasteiger partial charge in [-0.2, -0.15) is 0 Å². The fourth-order valence-electron chi connectivity index (χ4n) is 2.84. The van der Waals surface area contributed by atoms with Crippen LogP contribution in [0.5, 0.6) is 0 Å². The van der Waals surface area contributed by atoms with E-state index in [1.54, 1.807) is 17.8 Å². The van der Waals surface area contributed by atoms with Crippen molar-refractivity contribution in [2.45, 2.75) is 30.8 Å². The van der Waals surface area contributed by atoms with Gasteiger partial charge in [0, 0.05) is 34.4 Å². The van der Waals surface area contributed by atoms with Crippen LogP contribution in [0.15, 0.2) is 59.3 Å². The molecule has 3 heterocycles. The highest BCUT2D eigenvalue weighted by Crippen LogP contribution is 2.31. The van der Waals surface area contributed by atoms with Gasteiger partial charge in [-0.3, -0.25) is 14.3 Å². The Morgan fingerprint density at radius 3 is 2.87 bits per heavy atom. The molecule has 0 saturated heterocycles. The summed E-state index contributed by atoms with van der Waals surface area (Å²) in [5, 5.41) is 15.6. The first-order chi connectivity index (χ1) is 15.0. The SMILES string of the molecule is CC(C)NC(=O)c1csc(CSc2nnc(-c3cccnc3)n2-c2cccc(Cl)c2)n1. The largest absolute Gasteiger partial charge is 0.349 e. The minimum Gasteiger partial charge on any atom is -0.349 e. The molecule has 1 N–H and O–H groups in total. The van der Waals surface area contributed by atoms with Crippen LogP contribution in [-0.2, 0) is 5.75 Å². The summed E-state index contributed by atoms with van der Waals surface area (Å²) >= 11 is 9.18. The van der Waals surface area contributed by atoms with Crippen LogP contribution in [0, 0.1) is 0 Å². The van der Waals surface area contributed by atoms with Gasteiger partial charge in [-0.15, -0.1) is 21.5 Å². The molecule has 4 aromatic rings. The molecule has 158 valence electrons. The standard InChI is InChI=1S/C21H19ClN6OS2/c1-13(2)24-20(29)17-11-30-18(25-17)12-31-21-27-26-19(14-5-4-8-23-10-14)28(21)16-7-3-6-15(22)9-16/h3-11,13H,12H2,1-2H3,(H,24,29). The molecule has 0 aliphatic heterocycles. The Kier molecular flexibility index (Phi) is 6.64. The zero-order valence-corrected chi connectivity index (χ0v) is 19.2. The summed E-state index contributed by atoms with van der Waals surface area (Å²) in [6.07, 6.45) is 3.47. The monoisotopic (exact) mass is 470 g/mol. The van der Waals surface area contributed by atoms with Crippen molar-refractivity contribution in [3.63, 3.8) is 0 Å². The number of nitrogens with zero attached hydrogens (tertiary/aromatic N) is 5. The normalized spacial score (nSPS) is 11.1. The van der Waals surface area contributed by atoms with Crippen molar-refractivity contribution >= 4 is 40.6 Å². The number of thioether (sulfide) groups is 1. The number of halogens is 1. The van der Waals surface area contributed by atoms with E-state index in [0.717, 1.165) is 16.3 Å². The van der Waals surface area contributed by atoms with Crippen LogP contribution in [-0.4, -0.2) is 36.7 Å². The molecule has 4 rings (SSSR count). The highest BCUT2D eigenvalue weighted by Gasteiger charge is 2.18. The van der Waals surface area contributed by atoms with E-state index < -0.39 is 0 Å². The van der Waals surface area contributed by atoms with Crippen LogP contribution in [0.1, 0.15) is 29.3 Å². The summed E-state index contributed by atoms with van der Waals surface area (Å²) in [4.78, 5) is 20.8. The van der Waals surface area contributed by atoms with Gasteiger partial charge in [-0.05, 0) is 44.2 Å². The molecule has 7 nitrogen and oxygen atoms in total. The Labute approximate surface area is 192 Å². The third kappa shape index (κ3) is 5.12. The second kappa shape index (κ2) is 9.59. The highest BCUT2D eigenvalue weighted by molar-refractivity contribution is 7.98. The Morgan fingerprint density at radius 2 is 2.13 bits per heavy atom. The molecule has 1 aromatic carbocycles. The van der Waals surface area contributed by atoms with Crippen LogP contribution in [0.3, 0.4) is 0 Å². The lowest BCUT2D eigenvalue weighted by molar-refractivity contribution is 0.0938. The van der Waals surface area contributed by atoms with E-state index >= 15 is 0 Å². The highest BCUT2D eigenvalue weighted by atomic mass is 35.5. The van der Waals surface area contributed by atoms with Crippen molar-refractivity contribution in [1.29, 1.82) is 0 Å². The Balaban J connectivity index is 1.61. The van der Waals surface area contributed by atoms with Crippen molar-refractivity contribution < 1.29 is 4.79 Å². The molecule has 0 unspecified atom stereocenters. The van der Waals surface area contributed by atoms with Crippen LogP contribution in [0.2, 0.25) is 5.02 Å². The van der Waals surface area contributed by atoms with E-state index in [2.05, 4.69) is 25.5 Å². The van der Waals surface area contributed by atoms with E-state index in [9.17, 15) is 4.79 Å². The van der Waals surface area contributed by atoms with Crippen molar-refractivity contribution in [1.82, 2.24) is 30.0 Å². The maximum absolute atomic E-state index is 12.2. The first kappa shape index (κ1) is 21.5. The number of rotatable bonds is 7. The smallest absolute Gasteiger partial charge is 0.270 e. The molecule has 0 radical (unpaired) electrons. The number of nitrogens with one attached hydrogen (secondary N) is 1. The molecule has 0 saturated carbocycles. The first-order valence-corrected chi connectivity index (χ1v) is 11.8. The molecular weight excluding hydrogens is 452 g/mol. The summed E-state index contributed by atoms with van der Waals surface area (Å²) < 4.78 is 1.95. The van der Waals surface area contributed by atoms with Crippen molar-refractivity contribution in [2.24, 2.45) is 0 Å². The number of thiazole rings is 1. The third-order valence-electron chi connectivity index (χ3n) is 4.15. The van der Waals surface area contributed by atoms with E-state index in [0.29, 0.717) is 27.5 Å². The van der Waals surface area contributed by atoms with Crippen molar-refractivity contribution in [2.75, 3.05) is 0 Å². The van der Waals surface area contributed by atoms with Gasteiger partial charge in [-0.25, -0.2) is 4.98 Å². The van der Waals surface area contributed by atoms with Gasteiger partial charge in [-0.1, -0.05) is 29.4 Å². The number of carbonyl (C=O) groups excluding carboxylic acids is 1. The number of hydrogen-bond acceptors (Lipinski definition) is 7. The van der Waals surface area contributed by atoms with Crippen LogP contribution in [0.4, 0.5) is 0 Å². The average molecular weight is 471 g/mol. The molecule has 0 bridgehead atoms. The topological polar surface area (TPSA) is 85.6 Å². The van der Waals surface area contributed by atoms with Crippen molar-refractivity contribution in [3.05, 3.63) is 69.9 Å². The Hall–Kier alpha value is -2.75. The van der Waals surface area contributed by atoms with E-state index in [4.69, 9.17) is 11.6 Å². The number of aromatic nitrogens is 5. The molecule has 1 amide bonds. The zero-order valence-electron chi connectivity index (χ0n) is 16.8. The van der Waals surface area contributed by atoms with Gasteiger partial charge < -0.3 is 5.32 Å². The molecule has 31 heavy (non-hydrogen) atoms. The predicted octanol–water partition coefficient (Wildman–Crippen LogP) is 4.87. The lowest BCUT2D eigenvalue weighted by Crippen LogP contribution is -2.30. The maximum atomic E-state index is 12.2. The second-order valence-corrected chi connectivity index (χ2v) is 9.23. The van der Waals surface area contributed by atoms with E-state index in [1.165, 1.54) is 23.1 Å². The summed E-state index contributed by atoms with van der Waals surface area (Å²) in [6, 6.07) is 11.4. The zero-order chi connectivity index (χ0) is 21.8. The lowest BCUT2D eigenvalue weighted by atomic mass is 10.2. The van der Waals surface area contributed by atoms with Gasteiger partial charge in [0.1, 0.15) is 10.7 Å². The second-order valence-electron chi connectivity index (χ2n) is 6.91. The molecule has 3 aromatic heterocycles. The van der Waals surface area contributed by atoms with Gasteiger partial charge in [0.25, 0.3) is 5.91 Å². The minimum atomic E-state index is -0.163. The summed E-state index contributed by atoms with van der Waals surface area (Å²) in [5.41, 5.74) is 2.14. The predicted molar refractivity (Wildman–Crippen MR) is 124 cm³/mol. The van der Waals surface area contributed by atoms with Crippen molar-refractivity contribution in [3.8, 4) is 17.1 Å². The fourth-order valence-corrected chi connectivity index (χ4v) is 4.77. The number of hydrogen-bond donors (Lipinski definition) is 1. The minimum absolute atomic E-state index is 0.0640. The lowest BCUT2D eigenvalue weighted by Gasteiger charge is -2.10. The first-order valence-electron chi connectivity index (χ1n) is 9.51. The van der Waals surface area contributed by atoms with Crippen LogP contribution >= 0.6 is 34.7 Å². The molecule has 0 atom stereocenters. The molecule has 0 spiro atoms. The Morgan fingerprint density at radius 1 is 1.26 bits per heavy atom. The van der Waals surface area contributed by atoms with E-state index in [1.807, 2.05) is 54.8 Å².